The molecule has 1 heterocycles. The number of amides is 1. The third kappa shape index (κ3) is 6.43. The molecule has 5 nitrogen and oxygen atoms in total. The smallest absolute Gasteiger partial charge is 0.228 e. The van der Waals surface area contributed by atoms with Crippen LogP contribution in [0.1, 0.15) is 48.3 Å². The Balaban J connectivity index is 1.88. The van der Waals surface area contributed by atoms with Gasteiger partial charge in [-0.15, -0.1) is 0 Å². The highest BCUT2D eigenvalue weighted by Gasteiger charge is 2.21. The molecule has 1 amide bonds. The van der Waals surface area contributed by atoms with Crippen molar-refractivity contribution < 1.29 is 9.59 Å². The largest absolute Gasteiger partial charge is 0.352 e. The summed E-state index contributed by atoms with van der Waals surface area (Å²) in [5.74, 6) is 0.0800. The highest BCUT2D eigenvalue weighted by molar-refractivity contribution is 6.64. The van der Waals surface area contributed by atoms with E-state index in [2.05, 4.69) is 50.4 Å². The maximum atomic E-state index is 13.0. The minimum Gasteiger partial charge on any atom is -0.352 e. The zero-order chi connectivity index (χ0) is 24.8. The molecular formula is C28H34ClN3O2. The number of aryl methyl sites for hydroxylation is 2. The van der Waals surface area contributed by atoms with Gasteiger partial charge in [-0.3, -0.25) is 14.6 Å². The molecule has 0 radical (unpaired) electrons. The Labute approximate surface area is 207 Å². The molecular weight excluding hydrogens is 446 g/mol. The fourth-order valence-electron chi connectivity index (χ4n) is 4.29. The summed E-state index contributed by atoms with van der Waals surface area (Å²) in [7, 11) is 0. The van der Waals surface area contributed by atoms with Gasteiger partial charge in [0.05, 0.1) is 12.3 Å². The Morgan fingerprint density at radius 1 is 1.18 bits per heavy atom. The number of carbonyl (C=O) groups is 2. The molecule has 0 spiro atoms. The van der Waals surface area contributed by atoms with Crippen LogP contribution in [0.15, 0.2) is 48.1 Å². The second-order valence-corrected chi connectivity index (χ2v) is 9.75. The van der Waals surface area contributed by atoms with Gasteiger partial charge in [0.25, 0.3) is 0 Å². The number of nitrogens with two attached hydrogens (primary N) is 1. The maximum Gasteiger partial charge on any atom is 0.228 e. The van der Waals surface area contributed by atoms with Gasteiger partial charge < -0.3 is 11.1 Å². The van der Waals surface area contributed by atoms with Crippen molar-refractivity contribution in [3.05, 3.63) is 76.1 Å². The minimum atomic E-state index is -0.362. The average molecular weight is 480 g/mol. The molecule has 1 atom stereocenters. The zero-order valence-corrected chi connectivity index (χ0v) is 21.2. The van der Waals surface area contributed by atoms with Gasteiger partial charge in [0.1, 0.15) is 0 Å². The van der Waals surface area contributed by atoms with Crippen molar-refractivity contribution in [2.45, 2.75) is 53.5 Å². The number of hydrogen-bond acceptors (Lipinski definition) is 4. The molecule has 180 valence electrons. The highest BCUT2D eigenvalue weighted by Crippen LogP contribution is 2.33. The van der Waals surface area contributed by atoms with Gasteiger partial charge >= 0.3 is 0 Å². The molecule has 3 N–H and O–H groups in total. The molecule has 1 aromatic carbocycles. The lowest BCUT2D eigenvalue weighted by Crippen LogP contribution is -2.28. The van der Waals surface area contributed by atoms with E-state index >= 15 is 0 Å². The molecule has 0 fully saturated rings. The normalized spacial score (nSPS) is 15.4. The Morgan fingerprint density at radius 3 is 2.44 bits per heavy atom. The summed E-state index contributed by atoms with van der Waals surface area (Å²) in [5, 5.41) is 2.65. The van der Waals surface area contributed by atoms with Crippen molar-refractivity contribution in [2.24, 2.45) is 17.6 Å². The molecule has 0 saturated heterocycles. The number of benzene rings is 1. The monoisotopic (exact) mass is 479 g/mol. The Morgan fingerprint density at radius 2 is 1.88 bits per heavy atom. The second kappa shape index (κ2) is 11.6. The summed E-state index contributed by atoms with van der Waals surface area (Å²) < 4.78 is 0. The van der Waals surface area contributed by atoms with E-state index in [-0.39, 0.29) is 23.5 Å². The molecule has 6 heteroatoms. The van der Waals surface area contributed by atoms with Crippen LogP contribution in [0.4, 0.5) is 0 Å². The summed E-state index contributed by atoms with van der Waals surface area (Å²) in [4.78, 5) is 29.2. The topological polar surface area (TPSA) is 85.1 Å². The zero-order valence-electron chi connectivity index (χ0n) is 20.5. The highest BCUT2D eigenvalue weighted by atomic mass is 35.5. The number of allylic oxidation sites excluding steroid dienone is 2. The quantitative estimate of drug-likeness (QED) is 0.498. The summed E-state index contributed by atoms with van der Waals surface area (Å²) in [5.41, 5.74) is 14.3. The van der Waals surface area contributed by atoms with Crippen LogP contribution in [0.5, 0.6) is 0 Å². The van der Waals surface area contributed by atoms with E-state index in [0.29, 0.717) is 25.4 Å². The van der Waals surface area contributed by atoms with Crippen molar-refractivity contribution in [3.8, 4) is 11.1 Å². The number of carbonyl (C=O) groups excluding carboxylic acids is 2. The molecule has 3 rings (SSSR count). The van der Waals surface area contributed by atoms with Crippen molar-refractivity contribution in [1.29, 1.82) is 0 Å². The van der Waals surface area contributed by atoms with E-state index in [1.807, 2.05) is 19.1 Å². The first-order chi connectivity index (χ1) is 16.2. The Bertz CT molecular complexity index is 1120. The van der Waals surface area contributed by atoms with E-state index in [4.69, 9.17) is 22.3 Å². The SMILES string of the molecule is Cc1ccc(-c2c(CC(=O)NCC3=CCC(C(=O)Cl)C=C3)c(C)nc(CC(C)C)c2CN)cc1. The molecule has 2 aromatic rings. The van der Waals surface area contributed by atoms with Crippen LogP contribution in [0.3, 0.4) is 0 Å². The first-order valence-electron chi connectivity index (χ1n) is 11.8. The lowest BCUT2D eigenvalue weighted by atomic mass is 9.88. The number of aromatic nitrogens is 1. The summed E-state index contributed by atoms with van der Waals surface area (Å²) in [6, 6.07) is 8.35. The third-order valence-electron chi connectivity index (χ3n) is 6.13. The predicted octanol–water partition coefficient (Wildman–Crippen LogP) is 4.95. The van der Waals surface area contributed by atoms with Gasteiger partial charge in [-0.1, -0.05) is 61.9 Å². The number of halogens is 1. The first kappa shape index (κ1) is 25.9. The van der Waals surface area contributed by atoms with E-state index in [1.165, 1.54) is 5.56 Å². The van der Waals surface area contributed by atoms with E-state index in [9.17, 15) is 9.59 Å². The van der Waals surface area contributed by atoms with Crippen molar-refractivity contribution in [3.63, 3.8) is 0 Å². The van der Waals surface area contributed by atoms with Crippen LogP contribution in [-0.2, 0) is 29.0 Å². The van der Waals surface area contributed by atoms with Crippen LogP contribution in [0.2, 0.25) is 0 Å². The minimum absolute atomic E-state index is 0.0808. The van der Waals surface area contributed by atoms with Gasteiger partial charge in [-0.05, 0) is 72.0 Å². The van der Waals surface area contributed by atoms with E-state index in [0.717, 1.165) is 45.6 Å². The first-order valence-corrected chi connectivity index (χ1v) is 12.2. The van der Waals surface area contributed by atoms with Gasteiger partial charge in [0.15, 0.2) is 0 Å². The number of nitrogens with one attached hydrogen (secondary N) is 1. The number of nitrogens with zero attached hydrogens (tertiary/aromatic N) is 1. The Hall–Kier alpha value is -2.76. The van der Waals surface area contributed by atoms with Crippen molar-refractivity contribution in [2.75, 3.05) is 6.54 Å². The molecule has 1 unspecified atom stereocenters. The fourth-order valence-corrected chi connectivity index (χ4v) is 4.45. The number of rotatable bonds is 9. The predicted molar refractivity (Wildman–Crippen MR) is 138 cm³/mol. The Kier molecular flexibility index (Phi) is 8.81. The fraction of sp³-hybridized carbons (Fsp3) is 0.393. The van der Waals surface area contributed by atoms with Crippen molar-refractivity contribution in [1.82, 2.24) is 10.3 Å². The standard InChI is InChI=1S/C28H34ClN3O2/c1-17(2)13-25-24(15-30)27(21-9-5-18(3)6-10-21)23(19(4)32-25)14-26(33)31-16-20-7-11-22(12-8-20)28(29)34/h5-11,17,22H,12-16,30H2,1-4H3,(H,31,33). The second-order valence-electron chi connectivity index (χ2n) is 9.38. The molecule has 1 aromatic heterocycles. The molecule has 0 saturated carbocycles. The van der Waals surface area contributed by atoms with Crippen LogP contribution < -0.4 is 11.1 Å². The maximum absolute atomic E-state index is 13.0. The number of pyridine rings is 1. The van der Waals surface area contributed by atoms with Crippen LogP contribution in [-0.4, -0.2) is 22.7 Å². The van der Waals surface area contributed by atoms with Gasteiger partial charge in [-0.2, -0.15) is 0 Å². The van der Waals surface area contributed by atoms with Crippen LogP contribution in [0, 0.1) is 25.7 Å². The van der Waals surface area contributed by atoms with E-state index in [1.54, 1.807) is 6.08 Å². The van der Waals surface area contributed by atoms with Gasteiger partial charge in [0, 0.05) is 24.5 Å². The van der Waals surface area contributed by atoms with Gasteiger partial charge in [0.2, 0.25) is 11.1 Å². The lowest BCUT2D eigenvalue weighted by Gasteiger charge is -2.21. The average Bonchev–Trinajstić information content (AvgIpc) is 2.79. The molecule has 1 aliphatic carbocycles. The third-order valence-corrected chi connectivity index (χ3v) is 6.41. The van der Waals surface area contributed by atoms with E-state index < -0.39 is 0 Å². The molecule has 0 aliphatic heterocycles. The van der Waals surface area contributed by atoms with Crippen LogP contribution >= 0.6 is 11.6 Å². The lowest BCUT2D eigenvalue weighted by molar-refractivity contribution is -0.120. The summed E-state index contributed by atoms with van der Waals surface area (Å²) in [6.07, 6.45) is 7.21. The summed E-state index contributed by atoms with van der Waals surface area (Å²) in [6.45, 7) is 9.14. The van der Waals surface area contributed by atoms with Crippen molar-refractivity contribution >= 4 is 22.8 Å². The molecule has 0 bridgehead atoms. The van der Waals surface area contributed by atoms with Gasteiger partial charge in [-0.25, -0.2) is 0 Å². The summed E-state index contributed by atoms with van der Waals surface area (Å²) >= 11 is 5.57. The molecule has 34 heavy (non-hydrogen) atoms. The van der Waals surface area contributed by atoms with Crippen LogP contribution in [0.25, 0.3) is 11.1 Å². The number of hydrogen-bond donors (Lipinski definition) is 2. The molecule has 1 aliphatic rings.